The second-order valence-corrected chi connectivity index (χ2v) is 6.75. The molecule has 5 nitrogen and oxygen atoms in total. The molecule has 2 N–H and O–H groups in total. The number of halogens is 3. The first-order chi connectivity index (χ1) is 13.2. The summed E-state index contributed by atoms with van der Waals surface area (Å²) in [6, 6.07) is 9.34. The van der Waals surface area contributed by atoms with Gasteiger partial charge in [0.15, 0.2) is 0 Å². The predicted octanol–water partition coefficient (Wildman–Crippen LogP) is 5.28. The van der Waals surface area contributed by atoms with E-state index in [1.54, 1.807) is 30.5 Å². The van der Waals surface area contributed by atoms with Crippen LogP contribution in [0.2, 0.25) is 0 Å². The Morgan fingerprint density at radius 1 is 1.18 bits per heavy atom. The molecule has 0 aliphatic rings. The van der Waals surface area contributed by atoms with Crippen molar-refractivity contribution in [3.63, 3.8) is 0 Å². The Labute approximate surface area is 162 Å². The molecular weight excluding hydrogens is 391 g/mol. The highest BCUT2D eigenvalue weighted by Crippen LogP contribution is 2.33. The molecule has 0 amide bonds. The highest BCUT2D eigenvalue weighted by Gasteiger charge is 2.31. The van der Waals surface area contributed by atoms with Crippen LogP contribution in [0.5, 0.6) is 0 Å². The number of thiazole rings is 1. The summed E-state index contributed by atoms with van der Waals surface area (Å²) in [5, 5.41) is 15.7. The van der Waals surface area contributed by atoms with Crippen LogP contribution < -0.4 is 5.43 Å². The third-order valence-corrected chi connectivity index (χ3v) is 4.61. The van der Waals surface area contributed by atoms with Crippen molar-refractivity contribution >= 4 is 28.7 Å². The van der Waals surface area contributed by atoms with E-state index < -0.39 is 23.3 Å². The van der Waals surface area contributed by atoms with Crippen molar-refractivity contribution in [2.75, 3.05) is 5.43 Å². The molecule has 0 atom stereocenters. The van der Waals surface area contributed by atoms with E-state index in [0.717, 1.165) is 17.3 Å². The van der Waals surface area contributed by atoms with Gasteiger partial charge in [-0.25, -0.2) is 9.78 Å². The number of carbonyl (C=O) groups is 1. The summed E-state index contributed by atoms with van der Waals surface area (Å²) >= 11 is 1.42. The van der Waals surface area contributed by atoms with Crippen LogP contribution >= 0.6 is 11.3 Å². The summed E-state index contributed by atoms with van der Waals surface area (Å²) in [5.41, 5.74) is 3.61. The third kappa shape index (κ3) is 4.74. The molecule has 0 radical (unpaired) electrons. The second-order valence-electron chi connectivity index (χ2n) is 5.89. The molecule has 1 aromatic heterocycles. The Balaban J connectivity index is 1.82. The summed E-state index contributed by atoms with van der Waals surface area (Å²) in [6.07, 6.45) is -3.08. The molecule has 0 saturated carbocycles. The first kappa shape index (κ1) is 19.6. The zero-order valence-corrected chi connectivity index (χ0v) is 15.3. The van der Waals surface area contributed by atoms with E-state index in [2.05, 4.69) is 15.5 Å². The summed E-state index contributed by atoms with van der Waals surface area (Å²) in [5.74, 6) is -1.42. The molecule has 0 aliphatic heterocycles. The van der Waals surface area contributed by atoms with Crippen molar-refractivity contribution in [3.05, 3.63) is 70.2 Å². The molecule has 2 aromatic carbocycles. The summed E-state index contributed by atoms with van der Waals surface area (Å²) in [7, 11) is 0. The first-order valence-corrected chi connectivity index (χ1v) is 8.87. The third-order valence-electron chi connectivity index (χ3n) is 3.74. The average molecular weight is 405 g/mol. The average Bonchev–Trinajstić information content (AvgIpc) is 3.06. The van der Waals surface area contributed by atoms with E-state index in [1.807, 2.05) is 12.3 Å². The van der Waals surface area contributed by atoms with E-state index in [4.69, 9.17) is 5.11 Å². The molecule has 9 heteroatoms. The molecule has 3 aromatic rings. The van der Waals surface area contributed by atoms with Crippen molar-refractivity contribution in [2.24, 2.45) is 5.10 Å². The summed E-state index contributed by atoms with van der Waals surface area (Å²) in [6.45, 7) is 1.87. The van der Waals surface area contributed by atoms with E-state index in [9.17, 15) is 18.0 Å². The maximum Gasteiger partial charge on any atom is 0.416 e. The second kappa shape index (κ2) is 7.81. The fraction of sp³-hybridized carbons (Fsp3) is 0.105. The summed E-state index contributed by atoms with van der Waals surface area (Å²) < 4.78 is 39.2. The Morgan fingerprint density at radius 3 is 2.46 bits per heavy atom. The fourth-order valence-corrected chi connectivity index (χ4v) is 3.05. The minimum absolute atomic E-state index is 0.173. The maximum atomic E-state index is 13.1. The van der Waals surface area contributed by atoms with Gasteiger partial charge < -0.3 is 5.11 Å². The lowest BCUT2D eigenvalue weighted by atomic mass is 9.98. The van der Waals surface area contributed by atoms with Crippen LogP contribution in [0, 0.1) is 6.92 Å². The Hall–Kier alpha value is -3.20. The van der Waals surface area contributed by atoms with Crippen molar-refractivity contribution < 1.29 is 23.1 Å². The number of hydrogen-bond donors (Lipinski definition) is 2. The summed E-state index contributed by atoms with van der Waals surface area (Å²) in [4.78, 5) is 15.4. The van der Waals surface area contributed by atoms with Gasteiger partial charge in [-0.05, 0) is 41.8 Å². The number of alkyl halides is 3. The number of anilines is 1. The lowest BCUT2D eigenvalue weighted by Crippen LogP contribution is -2.08. The molecule has 0 aliphatic carbocycles. The molecule has 144 valence electrons. The van der Waals surface area contributed by atoms with Gasteiger partial charge in [-0.2, -0.15) is 18.3 Å². The van der Waals surface area contributed by atoms with Crippen LogP contribution in [0.15, 0.2) is 52.9 Å². The van der Waals surface area contributed by atoms with Crippen molar-refractivity contribution in [2.45, 2.75) is 13.1 Å². The highest BCUT2D eigenvalue weighted by atomic mass is 32.1. The Bertz CT molecular complexity index is 1030. The quantitative estimate of drug-likeness (QED) is 0.447. The lowest BCUT2D eigenvalue weighted by Gasteiger charge is -2.11. The van der Waals surface area contributed by atoms with Gasteiger partial charge >= 0.3 is 12.1 Å². The molecule has 3 rings (SSSR count). The SMILES string of the molecule is Cc1csc(NN=Cc2ccc(-c3cc(C(=O)O)cc(C(F)(F)F)c3)cc2)n1. The van der Waals surface area contributed by atoms with Gasteiger partial charge in [0.25, 0.3) is 0 Å². The number of aryl methyl sites for hydroxylation is 1. The van der Waals surface area contributed by atoms with Crippen molar-refractivity contribution in [3.8, 4) is 11.1 Å². The normalized spacial score (nSPS) is 11.7. The Morgan fingerprint density at radius 2 is 1.89 bits per heavy atom. The number of aromatic nitrogens is 1. The van der Waals surface area contributed by atoms with Crippen LogP contribution in [0.25, 0.3) is 11.1 Å². The largest absolute Gasteiger partial charge is 0.478 e. The van der Waals surface area contributed by atoms with Gasteiger partial charge in [0, 0.05) is 5.38 Å². The Kier molecular flexibility index (Phi) is 5.46. The van der Waals surface area contributed by atoms with E-state index >= 15 is 0 Å². The number of nitrogens with one attached hydrogen (secondary N) is 1. The molecule has 0 fully saturated rings. The van der Waals surface area contributed by atoms with Gasteiger partial charge in [-0.1, -0.05) is 24.3 Å². The van der Waals surface area contributed by atoms with Crippen LogP contribution in [-0.2, 0) is 6.18 Å². The standard InChI is InChI=1S/C19H14F3N3O2S/c1-11-10-28-18(24-11)25-23-9-12-2-4-13(5-3-12)14-6-15(17(26)27)8-16(7-14)19(20,21)22/h2-10H,1H3,(H,24,25)(H,26,27). The van der Waals surface area contributed by atoms with E-state index in [0.29, 0.717) is 16.8 Å². The minimum atomic E-state index is -4.63. The van der Waals surface area contributed by atoms with E-state index in [-0.39, 0.29) is 5.56 Å². The lowest BCUT2D eigenvalue weighted by molar-refractivity contribution is -0.137. The topological polar surface area (TPSA) is 74.6 Å². The van der Waals surface area contributed by atoms with Crippen molar-refractivity contribution in [1.82, 2.24) is 4.98 Å². The van der Waals surface area contributed by atoms with Crippen LogP contribution in [-0.4, -0.2) is 22.3 Å². The fourth-order valence-electron chi connectivity index (χ4n) is 2.41. The maximum absolute atomic E-state index is 13.1. The number of carboxylic acid groups (broad SMARTS) is 1. The predicted molar refractivity (Wildman–Crippen MR) is 102 cm³/mol. The number of nitrogens with zero attached hydrogens (tertiary/aromatic N) is 2. The minimum Gasteiger partial charge on any atom is -0.478 e. The molecule has 28 heavy (non-hydrogen) atoms. The smallest absolute Gasteiger partial charge is 0.416 e. The molecule has 0 spiro atoms. The van der Waals surface area contributed by atoms with Gasteiger partial charge in [-0.3, -0.25) is 5.43 Å². The number of rotatable bonds is 5. The number of hydrazone groups is 1. The first-order valence-electron chi connectivity index (χ1n) is 7.99. The zero-order valence-electron chi connectivity index (χ0n) is 14.5. The van der Waals surface area contributed by atoms with Gasteiger partial charge in [-0.15, -0.1) is 11.3 Å². The number of benzene rings is 2. The highest BCUT2D eigenvalue weighted by molar-refractivity contribution is 7.13. The molecule has 0 saturated heterocycles. The van der Waals surface area contributed by atoms with Crippen LogP contribution in [0.1, 0.15) is 27.2 Å². The van der Waals surface area contributed by atoms with Crippen molar-refractivity contribution in [1.29, 1.82) is 0 Å². The van der Waals surface area contributed by atoms with Gasteiger partial charge in [0.05, 0.1) is 23.0 Å². The molecule has 0 bridgehead atoms. The van der Waals surface area contributed by atoms with Crippen LogP contribution in [0.3, 0.4) is 0 Å². The van der Waals surface area contributed by atoms with E-state index in [1.165, 1.54) is 17.4 Å². The van der Waals surface area contributed by atoms with Gasteiger partial charge in [0.1, 0.15) is 0 Å². The molecule has 0 unspecified atom stereocenters. The zero-order chi connectivity index (χ0) is 20.3. The van der Waals surface area contributed by atoms with Gasteiger partial charge in [0.2, 0.25) is 5.13 Å². The molecule has 1 heterocycles. The monoisotopic (exact) mass is 405 g/mol. The number of aromatic carboxylic acids is 1. The number of hydrogen-bond acceptors (Lipinski definition) is 5. The van der Waals surface area contributed by atoms with Crippen LogP contribution in [0.4, 0.5) is 18.3 Å². The molecular formula is C19H14F3N3O2S. The number of carboxylic acids is 1.